The first kappa shape index (κ1) is 14.4. The average molecular weight is 264 g/mol. The highest BCUT2D eigenvalue weighted by Crippen LogP contribution is 2.17. The van der Waals surface area contributed by atoms with Gasteiger partial charge < -0.3 is 0 Å². The molecule has 0 atom stereocenters. The molecule has 1 rings (SSSR count). The fraction of sp³-hybridized carbons (Fsp3) is 0.308. The predicted octanol–water partition coefficient (Wildman–Crippen LogP) is 2.14. The Bertz CT molecular complexity index is 585. The maximum absolute atomic E-state index is 12.3. The summed E-state index contributed by atoms with van der Waals surface area (Å²) in [6.45, 7) is 7.93. The van der Waals surface area contributed by atoms with Gasteiger partial charge in [-0.1, -0.05) is 25.1 Å². The van der Waals surface area contributed by atoms with E-state index < -0.39 is 10.0 Å². The number of hydrogen-bond acceptors (Lipinski definition) is 3. The maximum atomic E-state index is 12.3. The highest BCUT2D eigenvalue weighted by atomic mass is 32.2. The van der Waals surface area contributed by atoms with E-state index in [0.717, 1.165) is 5.57 Å². The predicted molar refractivity (Wildman–Crippen MR) is 70.4 cm³/mol. The van der Waals surface area contributed by atoms with Crippen LogP contribution in [0.4, 0.5) is 0 Å². The molecular weight excluding hydrogens is 248 g/mol. The fourth-order valence-electron chi connectivity index (χ4n) is 1.54. The van der Waals surface area contributed by atoms with Gasteiger partial charge in [0.2, 0.25) is 10.0 Å². The van der Waals surface area contributed by atoms with Crippen LogP contribution < -0.4 is 0 Å². The molecule has 1 aromatic carbocycles. The van der Waals surface area contributed by atoms with Crippen molar-refractivity contribution >= 4 is 10.0 Å². The summed E-state index contributed by atoms with van der Waals surface area (Å²) in [5, 5.41) is 8.80. The van der Waals surface area contributed by atoms with Crippen molar-refractivity contribution in [2.75, 3.05) is 13.1 Å². The molecule has 0 saturated heterocycles. The zero-order chi connectivity index (χ0) is 13.8. The van der Waals surface area contributed by atoms with Crippen molar-refractivity contribution in [2.45, 2.75) is 18.7 Å². The topological polar surface area (TPSA) is 61.2 Å². The lowest BCUT2D eigenvalue weighted by Gasteiger charge is -2.20. The second kappa shape index (κ2) is 5.80. The molecule has 4 nitrogen and oxygen atoms in total. The van der Waals surface area contributed by atoms with Crippen LogP contribution in [-0.2, 0) is 10.0 Å². The monoisotopic (exact) mass is 264 g/mol. The molecule has 1 aromatic rings. The minimum Gasteiger partial charge on any atom is -0.207 e. The van der Waals surface area contributed by atoms with E-state index in [0.29, 0.717) is 12.1 Å². The Morgan fingerprint density at radius 3 is 2.67 bits per heavy atom. The molecule has 0 bridgehead atoms. The van der Waals surface area contributed by atoms with Gasteiger partial charge >= 0.3 is 0 Å². The SMILES string of the molecule is C=C(C)CN(CC)S(=O)(=O)c1cccc(C#N)c1. The molecule has 0 unspecified atom stereocenters. The molecule has 18 heavy (non-hydrogen) atoms. The highest BCUT2D eigenvalue weighted by molar-refractivity contribution is 7.89. The van der Waals surface area contributed by atoms with Crippen molar-refractivity contribution < 1.29 is 8.42 Å². The first-order valence-corrected chi connectivity index (χ1v) is 7.00. The van der Waals surface area contributed by atoms with E-state index in [1.165, 1.54) is 16.4 Å². The summed E-state index contributed by atoms with van der Waals surface area (Å²) in [6.07, 6.45) is 0. The quantitative estimate of drug-likeness (QED) is 0.765. The van der Waals surface area contributed by atoms with Crippen LogP contribution in [0.15, 0.2) is 41.3 Å². The van der Waals surface area contributed by atoms with Crippen LogP contribution in [0.25, 0.3) is 0 Å². The van der Waals surface area contributed by atoms with Gasteiger partial charge in [0.1, 0.15) is 0 Å². The fourth-order valence-corrected chi connectivity index (χ4v) is 3.10. The zero-order valence-electron chi connectivity index (χ0n) is 10.5. The number of likely N-dealkylation sites (N-methyl/N-ethyl adjacent to an activating group) is 1. The van der Waals surface area contributed by atoms with E-state index in [1.54, 1.807) is 26.0 Å². The van der Waals surface area contributed by atoms with Crippen LogP contribution in [0.2, 0.25) is 0 Å². The number of rotatable bonds is 5. The van der Waals surface area contributed by atoms with Crippen molar-refractivity contribution in [1.82, 2.24) is 4.31 Å². The number of sulfonamides is 1. The standard InChI is InChI=1S/C13H16N2O2S/c1-4-15(10-11(2)3)18(16,17)13-7-5-6-12(8-13)9-14/h5-8H,2,4,10H2,1,3H3. The van der Waals surface area contributed by atoms with Gasteiger partial charge in [-0.2, -0.15) is 9.57 Å². The van der Waals surface area contributed by atoms with Crippen molar-refractivity contribution in [1.29, 1.82) is 5.26 Å². The minimum absolute atomic E-state index is 0.143. The Morgan fingerprint density at radius 1 is 1.50 bits per heavy atom. The van der Waals surface area contributed by atoms with Crippen molar-refractivity contribution in [3.63, 3.8) is 0 Å². The molecular formula is C13H16N2O2S. The second-order valence-corrected chi connectivity index (χ2v) is 5.97. The molecule has 0 heterocycles. The lowest BCUT2D eigenvalue weighted by atomic mass is 10.2. The van der Waals surface area contributed by atoms with Crippen molar-refractivity contribution in [2.24, 2.45) is 0 Å². The number of nitriles is 1. The summed E-state index contributed by atoms with van der Waals surface area (Å²) in [7, 11) is -3.56. The third kappa shape index (κ3) is 3.19. The van der Waals surface area contributed by atoms with E-state index in [4.69, 9.17) is 5.26 Å². The minimum atomic E-state index is -3.56. The molecule has 0 radical (unpaired) electrons. The Balaban J connectivity index is 3.19. The van der Waals surface area contributed by atoms with Crippen LogP contribution >= 0.6 is 0 Å². The summed E-state index contributed by atoms with van der Waals surface area (Å²) in [6, 6.07) is 7.97. The first-order chi connectivity index (χ1) is 8.41. The Morgan fingerprint density at radius 2 is 2.17 bits per heavy atom. The van der Waals surface area contributed by atoms with Crippen LogP contribution in [0.3, 0.4) is 0 Å². The largest absolute Gasteiger partial charge is 0.243 e. The zero-order valence-corrected chi connectivity index (χ0v) is 11.4. The van der Waals surface area contributed by atoms with Gasteiger partial charge in [0.05, 0.1) is 16.5 Å². The van der Waals surface area contributed by atoms with E-state index in [-0.39, 0.29) is 11.4 Å². The first-order valence-electron chi connectivity index (χ1n) is 5.56. The molecule has 0 fully saturated rings. The second-order valence-electron chi connectivity index (χ2n) is 4.03. The summed E-state index contributed by atoms with van der Waals surface area (Å²) >= 11 is 0. The number of hydrogen-bond donors (Lipinski definition) is 0. The van der Waals surface area contributed by atoms with Gasteiger partial charge in [-0.25, -0.2) is 8.42 Å². The third-order valence-corrected chi connectivity index (χ3v) is 4.32. The van der Waals surface area contributed by atoms with Gasteiger partial charge in [0.25, 0.3) is 0 Å². The maximum Gasteiger partial charge on any atom is 0.243 e. The van der Waals surface area contributed by atoms with Gasteiger partial charge in [-0.15, -0.1) is 0 Å². The summed E-state index contributed by atoms with van der Waals surface area (Å²) in [5.74, 6) is 0. The van der Waals surface area contributed by atoms with Gasteiger partial charge in [0.15, 0.2) is 0 Å². The van der Waals surface area contributed by atoms with Crippen LogP contribution in [0.5, 0.6) is 0 Å². The normalized spacial score (nSPS) is 11.2. The lowest BCUT2D eigenvalue weighted by molar-refractivity contribution is 0.453. The van der Waals surface area contributed by atoms with E-state index in [2.05, 4.69) is 6.58 Å². The van der Waals surface area contributed by atoms with Crippen LogP contribution in [0.1, 0.15) is 19.4 Å². The molecule has 5 heteroatoms. The molecule has 0 aliphatic rings. The molecule has 0 aliphatic carbocycles. The van der Waals surface area contributed by atoms with E-state index in [1.807, 2.05) is 6.07 Å². The van der Waals surface area contributed by atoms with Crippen molar-refractivity contribution in [3.8, 4) is 6.07 Å². The smallest absolute Gasteiger partial charge is 0.207 e. The third-order valence-electron chi connectivity index (χ3n) is 2.40. The van der Waals surface area contributed by atoms with Gasteiger partial charge in [-0.05, 0) is 25.1 Å². The molecule has 0 N–H and O–H groups in total. The Labute approximate surface area is 108 Å². The van der Waals surface area contributed by atoms with Gasteiger partial charge in [0, 0.05) is 13.1 Å². The summed E-state index contributed by atoms with van der Waals surface area (Å²) in [5.41, 5.74) is 1.11. The molecule has 0 saturated carbocycles. The Hall–Kier alpha value is -1.64. The molecule has 0 aliphatic heterocycles. The van der Waals surface area contributed by atoms with E-state index >= 15 is 0 Å². The van der Waals surface area contributed by atoms with Crippen molar-refractivity contribution in [3.05, 3.63) is 42.0 Å². The Kier molecular flexibility index (Phi) is 4.65. The summed E-state index contributed by atoms with van der Waals surface area (Å²) < 4.78 is 26.0. The van der Waals surface area contributed by atoms with Crippen LogP contribution in [0, 0.1) is 11.3 Å². The van der Waals surface area contributed by atoms with Crippen LogP contribution in [-0.4, -0.2) is 25.8 Å². The van der Waals surface area contributed by atoms with Gasteiger partial charge in [-0.3, -0.25) is 0 Å². The number of benzene rings is 1. The number of nitrogens with zero attached hydrogens (tertiary/aromatic N) is 2. The average Bonchev–Trinajstić information content (AvgIpc) is 2.35. The highest BCUT2D eigenvalue weighted by Gasteiger charge is 2.22. The molecule has 0 aromatic heterocycles. The lowest BCUT2D eigenvalue weighted by Crippen LogP contribution is -2.32. The van der Waals surface area contributed by atoms with E-state index in [9.17, 15) is 8.42 Å². The molecule has 96 valence electrons. The summed E-state index contributed by atoms with van der Waals surface area (Å²) in [4.78, 5) is 0.143. The molecule has 0 amide bonds. The molecule has 0 spiro atoms.